The Morgan fingerprint density at radius 2 is 1.45 bits per heavy atom. The molecule has 2 fully saturated rings. The number of nitrogens with zero attached hydrogens (tertiary/aromatic N) is 4. The van der Waals surface area contributed by atoms with Gasteiger partial charge in [0.25, 0.3) is 0 Å². The first-order valence-electron chi connectivity index (χ1n) is 9.03. The van der Waals surface area contributed by atoms with Crippen LogP contribution < -0.4 is 0 Å². The van der Waals surface area contributed by atoms with Gasteiger partial charge < -0.3 is 4.48 Å². The van der Waals surface area contributed by atoms with E-state index in [2.05, 4.69) is 63.5 Å². The lowest BCUT2D eigenvalue weighted by atomic mass is 9.89. The monoisotopic (exact) mass is 311 g/mol. The van der Waals surface area contributed by atoms with Crippen LogP contribution in [0.5, 0.6) is 0 Å². The predicted molar refractivity (Wildman–Crippen MR) is 94.8 cm³/mol. The molecule has 0 atom stereocenters. The maximum atomic E-state index is 2.70. The van der Waals surface area contributed by atoms with Crippen molar-refractivity contribution in [2.75, 3.05) is 60.7 Å². The van der Waals surface area contributed by atoms with E-state index >= 15 is 0 Å². The second-order valence-corrected chi connectivity index (χ2v) is 9.53. The molecule has 0 saturated carbocycles. The molecule has 0 N–H and O–H groups in total. The largest absolute Gasteiger partial charge is 0.315 e. The van der Waals surface area contributed by atoms with Gasteiger partial charge >= 0.3 is 0 Å². The van der Waals surface area contributed by atoms with Gasteiger partial charge in [0, 0.05) is 24.2 Å². The van der Waals surface area contributed by atoms with Gasteiger partial charge in [0.15, 0.2) is 0 Å². The van der Waals surface area contributed by atoms with Crippen LogP contribution in [0.25, 0.3) is 0 Å². The molecule has 4 nitrogen and oxygen atoms in total. The van der Waals surface area contributed by atoms with E-state index in [4.69, 9.17) is 0 Å². The highest BCUT2D eigenvalue weighted by atomic mass is 15.5. The zero-order chi connectivity index (χ0) is 16.6. The third kappa shape index (κ3) is 4.44. The first-order valence-corrected chi connectivity index (χ1v) is 9.03. The van der Waals surface area contributed by atoms with Gasteiger partial charge in [-0.25, -0.2) is 4.90 Å². The van der Waals surface area contributed by atoms with E-state index in [0.29, 0.717) is 11.1 Å². The topological polar surface area (TPSA) is 9.72 Å². The van der Waals surface area contributed by atoms with Crippen molar-refractivity contribution in [1.29, 1.82) is 0 Å². The standard InChI is InChI=1S/C18H39N4/c1-17(2,20-12-11-19(5)15-20)9-8-10-18(3,4)21-13-14-22(6,7)16-21/h8-16H2,1-7H3/q+1. The van der Waals surface area contributed by atoms with Gasteiger partial charge in [-0.05, 0) is 54.0 Å². The first kappa shape index (κ1) is 18.2. The van der Waals surface area contributed by atoms with Crippen LogP contribution in [0.4, 0.5) is 0 Å². The molecule has 130 valence electrons. The van der Waals surface area contributed by atoms with Gasteiger partial charge in [-0.1, -0.05) is 0 Å². The lowest BCUT2D eigenvalue weighted by Crippen LogP contribution is -2.47. The Morgan fingerprint density at radius 1 is 0.864 bits per heavy atom. The van der Waals surface area contributed by atoms with Gasteiger partial charge in [-0.15, -0.1) is 0 Å². The molecule has 0 aromatic rings. The lowest BCUT2D eigenvalue weighted by Gasteiger charge is -2.38. The minimum Gasteiger partial charge on any atom is -0.315 e. The molecule has 2 rings (SSSR count). The van der Waals surface area contributed by atoms with E-state index in [-0.39, 0.29) is 0 Å². The molecule has 2 aliphatic heterocycles. The summed E-state index contributed by atoms with van der Waals surface area (Å²) >= 11 is 0. The van der Waals surface area contributed by atoms with Crippen molar-refractivity contribution >= 4 is 0 Å². The minimum absolute atomic E-state index is 0.335. The molecule has 0 amide bonds. The summed E-state index contributed by atoms with van der Waals surface area (Å²) in [6.45, 7) is 17.0. The van der Waals surface area contributed by atoms with E-state index in [0.717, 1.165) is 11.2 Å². The Morgan fingerprint density at radius 3 is 1.91 bits per heavy atom. The van der Waals surface area contributed by atoms with Crippen LogP contribution in [0, 0.1) is 0 Å². The van der Waals surface area contributed by atoms with Crippen LogP contribution in [0.2, 0.25) is 0 Å². The minimum atomic E-state index is 0.335. The third-order valence-electron chi connectivity index (χ3n) is 5.98. The Hall–Kier alpha value is -0.160. The van der Waals surface area contributed by atoms with Crippen molar-refractivity contribution in [1.82, 2.24) is 14.7 Å². The summed E-state index contributed by atoms with van der Waals surface area (Å²) in [6.07, 6.45) is 3.93. The summed E-state index contributed by atoms with van der Waals surface area (Å²) in [6, 6.07) is 0. The van der Waals surface area contributed by atoms with Gasteiger partial charge in [-0.2, -0.15) is 0 Å². The zero-order valence-corrected chi connectivity index (χ0v) is 16.2. The second kappa shape index (κ2) is 6.39. The van der Waals surface area contributed by atoms with E-state index in [1.54, 1.807) is 0 Å². The van der Waals surface area contributed by atoms with Crippen LogP contribution in [0.1, 0.15) is 47.0 Å². The molecule has 4 heteroatoms. The summed E-state index contributed by atoms with van der Waals surface area (Å²) in [5, 5.41) is 0. The van der Waals surface area contributed by atoms with Crippen molar-refractivity contribution in [2.24, 2.45) is 0 Å². The van der Waals surface area contributed by atoms with Crippen LogP contribution in [0.3, 0.4) is 0 Å². The molecular formula is C18H39N4+. The summed E-state index contributed by atoms with van der Waals surface area (Å²) in [5.41, 5.74) is 0.672. The Labute approximate surface area is 138 Å². The molecule has 2 aliphatic rings. The maximum Gasteiger partial charge on any atom is 0.135 e. The molecule has 22 heavy (non-hydrogen) atoms. The fraction of sp³-hybridized carbons (Fsp3) is 1.00. The fourth-order valence-electron chi connectivity index (χ4n) is 3.98. The average Bonchev–Trinajstić information content (AvgIpc) is 2.95. The predicted octanol–water partition coefficient (Wildman–Crippen LogP) is 2.27. The van der Waals surface area contributed by atoms with Crippen molar-refractivity contribution in [3.8, 4) is 0 Å². The van der Waals surface area contributed by atoms with Crippen LogP contribution in [-0.4, -0.2) is 90.9 Å². The van der Waals surface area contributed by atoms with Gasteiger partial charge in [-0.3, -0.25) is 9.80 Å². The highest BCUT2D eigenvalue weighted by molar-refractivity contribution is 4.88. The van der Waals surface area contributed by atoms with Gasteiger partial charge in [0.2, 0.25) is 0 Å². The Bertz CT molecular complexity index is 375. The SMILES string of the molecule is CN1CCN(C(C)(C)CCCC(C)(C)N2CC[N+](C)(C)C2)C1. The smallest absolute Gasteiger partial charge is 0.135 e. The van der Waals surface area contributed by atoms with E-state index in [9.17, 15) is 0 Å². The van der Waals surface area contributed by atoms with Gasteiger partial charge in [0.1, 0.15) is 6.67 Å². The molecule has 0 unspecified atom stereocenters. The molecule has 0 aromatic heterocycles. The zero-order valence-electron chi connectivity index (χ0n) is 16.2. The van der Waals surface area contributed by atoms with E-state index in [1.807, 2.05) is 0 Å². The van der Waals surface area contributed by atoms with Crippen molar-refractivity contribution in [2.45, 2.75) is 58.0 Å². The van der Waals surface area contributed by atoms with Crippen LogP contribution in [-0.2, 0) is 0 Å². The summed E-state index contributed by atoms with van der Waals surface area (Å²) in [4.78, 5) is 7.77. The normalized spacial score (nSPS) is 25.2. The van der Waals surface area contributed by atoms with Crippen LogP contribution in [0.15, 0.2) is 0 Å². The van der Waals surface area contributed by atoms with Crippen molar-refractivity contribution < 1.29 is 4.48 Å². The third-order valence-corrected chi connectivity index (χ3v) is 5.98. The van der Waals surface area contributed by atoms with Gasteiger partial charge in [0.05, 0.1) is 33.9 Å². The molecule has 0 aromatic carbocycles. The molecule has 0 aliphatic carbocycles. The quantitative estimate of drug-likeness (QED) is 0.697. The van der Waals surface area contributed by atoms with Crippen molar-refractivity contribution in [3.05, 3.63) is 0 Å². The summed E-state index contributed by atoms with van der Waals surface area (Å²) in [5.74, 6) is 0. The summed E-state index contributed by atoms with van der Waals surface area (Å²) < 4.78 is 1.15. The number of rotatable bonds is 6. The fourth-order valence-corrected chi connectivity index (χ4v) is 3.98. The molecule has 0 bridgehead atoms. The first-order chi connectivity index (χ1) is 10.0. The molecular weight excluding hydrogens is 272 g/mol. The number of hydrogen-bond donors (Lipinski definition) is 0. The average molecular weight is 312 g/mol. The Kier molecular flexibility index (Phi) is 5.28. The number of hydrogen-bond acceptors (Lipinski definition) is 3. The number of quaternary nitrogens is 1. The molecule has 0 spiro atoms. The van der Waals surface area contributed by atoms with Crippen molar-refractivity contribution in [3.63, 3.8) is 0 Å². The second-order valence-electron chi connectivity index (χ2n) is 9.53. The van der Waals surface area contributed by atoms with Crippen LogP contribution >= 0.6 is 0 Å². The highest BCUT2D eigenvalue weighted by Crippen LogP contribution is 2.30. The molecule has 2 heterocycles. The molecule has 0 radical (unpaired) electrons. The Balaban J connectivity index is 1.79. The van der Waals surface area contributed by atoms with E-state index < -0.39 is 0 Å². The number of likely N-dealkylation sites (N-methyl/N-ethyl adjacent to an activating group) is 2. The highest BCUT2D eigenvalue weighted by Gasteiger charge is 2.38. The maximum absolute atomic E-state index is 2.70. The lowest BCUT2D eigenvalue weighted by molar-refractivity contribution is -0.882. The summed E-state index contributed by atoms with van der Waals surface area (Å²) in [7, 11) is 6.93. The molecule has 2 saturated heterocycles. The van der Waals surface area contributed by atoms with E-state index in [1.165, 1.54) is 52.1 Å².